The Balaban J connectivity index is 1.40. The lowest BCUT2D eigenvalue weighted by molar-refractivity contribution is -0.148. The second kappa shape index (κ2) is 7.87. The van der Waals surface area contributed by atoms with E-state index in [1.807, 2.05) is 31.2 Å². The van der Waals surface area contributed by atoms with Crippen molar-refractivity contribution in [2.24, 2.45) is 0 Å². The number of ether oxygens (including phenoxy) is 2. The molecule has 0 spiro atoms. The zero-order valence-corrected chi connectivity index (χ0v) is 16.4. The molecule has 0 aliphatic carbocycles. The molecule has 7 nitrogen and oxygen atoms in total. The highest BCUT2D eigenvalue weighted by Crippen LogP contribution is 2.23. The highest BCUT2D eigenvalue weighted by molar-refractivity contribution is 6.10. The number of aromatic nitrogens is 1. The molecule has 1 atom stereocenters. The first kappa shape index (κ1) is 19.4. The highest BCUT2D eigenvalue weighted by Gasteiger charge is 2.22. The first-order chi connectivity index (χ1) is 14.4. The predicted octanol–water partition coefficient (Wildman–Crippen LogP) is 3.78. The van der Waals surface area contributed by atoms with Gasteiger partial charge in [0.1, 0.15) is 11.3 Å². The fourth-order valence-corrected chi connectivity index (χ4v) is 3.32. The van der Waals surface area contributed by atoms with Gasteiger partial charge >= 0.3 is 11.6 Å². The van der Waals surface area contributed by atoms with E-state index < -0.39 is 17.7 Å². The number of carbonyl (C=O) groups is 2. The number of ketones is 1. The molecule has 4 aromatic rings. The summed E-state index contributed by atoms with van der Waals surface area (Å²) in [7, 11) is 0. The van der Waals surface area contributed by atoms with E-state index in [1.54, 1.807) is 18.3 Å². The van der Waals surface area contributed by atoms with Crippen molar-refractivity contribution < 1.29 is 23.5 Å². The first-order valence-corrected chi connectivity index (χ1v) is 9.39. The molecule has 2 aromatic heterocycles. The summed E-state index contributed by atoms with van der Waals surface area (Å²) in [5, 5.41) is 1.55. The van der Waals surface area contributed by atoms with Gasteiger partial charge in [-0.15, -0.1) is 0 Å². The zero-order chi connectivity index (χ0) is 21.3. The standard InChI is InChI=1S/C23H19NO6/c1-13-9-21(25)30-20-10-15(7-8-16(13)20)28-12-22(26)29-14(2)23(27)18-11-24-19-6-4-3-5-17(18)19/h3-11,14,24H,12H2,1-2H3/t14-/m0/s1. The second-order valence-corrected chi connectivity index (χ2v) is 6.94. The number of H-pyrrole nitrogens is 1. The van der Waals surface area contributed by atoms with E-state index in [4.69, 9.17) is 13.9 Å². The third-order valence-corrected chi connectivity index (χ3v) is 4.81. The maximum absolute atomic E-state index is 12.7. The molecule has 0 unspecified atom stereocenters. The minimum atomic E-state index is -0.961. The van der Waals surface area contributed by atoms with Gasteiger partial charge in [-0.25, -0.2) is 9.59 Å². The topological polar surface area (TPSA) is 98.6 Å². The fraction of sp³-hybridized carbons (Fsp3) is 0.174. The van der Waals surface area contributed by atoms with Gasteiger partial charge in [0.2, 0.25) is 5.78 Å². The smallest absolute Gasteiger partial charge is 0.344 e. The number of esters is 1. The van der Waals surface area contributed by atoms with Crippen molar-refractivity contribution >= 4 is 33.6 Å². The monoisotopic (exact) mass is 405 g/mol. The number of aromatic amines is 1. The van der Waals surface area contributed by atoms with Crippen LogP contribution < -0.4 is 10.4 Å². The fourth-order valence-electron chi connectivity index (χ4n) is 3.32. The molecule has 7 heteroatoms. The molecule has 0 aliphatic heterocycles. The molecule has 30 heavy (non-hydrogen) atoms. The molecule has 0 saturated heterocycles. The van der Waals surface area contributed by atoms with Crippen LogP contribution >= 0.6 is 0 Å². The summed E-state index contributed by atoms with van der Waals surface area (Å²) in [5.74, 6) is -0.631. The van der Waals surface area contributed by atoms with Gasteiger partial charge in [-0.3, -0.25) is 4.79 Å². The summed E-state index contributed by atoms with van der Waals surface area (Å²) in [6.07, 6.45) is 0.649. The summed E-state index contributed by atoms with van der Waals surface area (Å²) in [6, 6.07) is 13.8. The lowest BCUT2D eigenvalue weighted by atomic mass is 10.1. The van der Waals surface area contributed by atoms with E-state index in [0.717, 1.165) is 21.9 Å². The summed E-state index contributed by atoms with van der Waals surface area (Å²) < 4.78 is 15.8. The number of para-hydroxylation sites is 1. The number of hydrogen-bond donors (Lipinski definition) is 1. The van der Waals surface area contributed by atoms with E-state index in [1.165, 1.54) is 19.1 Å². The quantitative estimate of drug-likeness (QED) is 0.298. The van der Waals surface area contributed by atoms with E-state index in [0.29, 0.717) is 16.9 Å². The minimum Gasteiger partial charge on any atom is -0.482 e. The summed E-state index contributed by atoms with van der Waals surface area (Å²) in [4.78, 5) is 39.4. The Hall–Kier alpha value is -3.87. The van der Waals surface area contributed by atoms with Gasteiger partial charge in [-0.2, -0.15) is 0 Å². The molecule has 152 valence electrons. The molecule has 0 fully saturated rings. The number of aryl methyl sites for hydroxylation is 1. The largest absolute Gasteiger partial charge is 0.482 e. The lowest BCUT2D eigenvalue weighted by Gasteiger charge is -2.13. The van der Waals surface area contributed by atoms with Gasteiger partial charge in [0.05, 0.1) is 0 Å². The van der Waals surface area contributed by atoms with Gasteiger partial charge in [-0.1, -0.05) is 18.2 Å². The van der Waals surface area contributed by atoms with Crippen molar-refractivity contribution in [3.05, 3.63) is 76.3 Å². The number of hydrogen-bond acceptors (Lipinski definition) is 6. The number of Topliss-reactive ketones (excluding diaryl/α,β-unsaturated/α-hetero) is 1. The van der Waals surface area contributed by atoms with E-state index in [2.05, 4.69) is 4.98 Å². The van der Waals surface area contributed by atoms with E-state index in [-0.39, 0.29) is 12.4 Å². The van der Waals surface area contributed by atoms with Crippen LogP contribution in [0.15, 0.2) is 63.9 Å². The van der Waals surface area contributed by atoms with Crippen LogP contribution in [0.3, 0.4) is 0 Å². The minimum absolute atomic E-state index is 0.302. The molecule has 0 amide bonds. The van der Waals surface area contributed by atoms with Crippen molar-refractivity contribution in [1.82, 2.24) is 4.98 Å². The maximum Gasteiger partial charge on any atom is 0.344 e. The molecule has 0 radical (unpaired) electrons. The average molecular weight is 405 g/mol. The van der Waals surface area contributed by atoms with Crippen LogP contribution in [-0.4, -0.2) is 29.4 Å². The van der Waals surface area contributed by atoms with Gasteiger partial charge in [0.25, 0.3) is 0 Å². The Morgan fingerprint density at radius 3 is 2.73 bits per heavy atom. The summed E-state index contributed by atoms with van der Waals surface area (Å²) >= 11 is 0. The van der Waals surface area contributed by atoms with Crippen molar-refractivity contribution in [1.29, 1.82) is 0 Å². The molecule has 2 heterocycles. The normalized spacial score (nSPS) is 12.1. The summed E-state index contributed by atoms with van der Waals surface area (Å²) in [5.41, 5.74) is 2.00. The average Bonchev–Trinajstić information content (AvgIpc) is 3.15. The number of benzene rings is 2. The number of carbonyl (C=O) groups excluding carboxylic acids is 2. The molecular weight excluding hydrogens is 386 g/mol. The third kappa shape index (κ3) is 3.82. The number of fused-ring (bicyclic) bond motifs is 2. The van der Waals surface area contributed by atoms with Crippen LogP contribution in [0.1, 0.15) is 22.8 Å². The van der Waals surface area contributed by atoms with Gasteiger partial charge in [0, 0.05) is 40.2 Å². The Morgan fingerprint density at radius 1 is 1.10 bits per heavy atom. The zero-order valence-electron chi connectivity index (χ0n) is 16.4. The molecule has 0 bridgehead atoms. The second-order valence-electron chi connectivity index (χ2n) is 6.94. The summed E-state index contributed by atoms with van der Waals surface area (Å²) in [6.45, 7) is 2.95. The van der Waals surface area contributed by atoms with Crippen LogP contribution in [0.5, 0.6) is 5.75 Å². The lowest BCUT2D eigenvalue weighted by Crippen LogP contribution is -2.27. The van der Waals surface area contributed by atoms with Gasteiger partial charge < -0.3 is 18.9 Å². The molecule has 2 aromatic carbocycles. The van der Waals surface area contributed by atoms with Crippen LogP contribution in [0, 0.1) is 6.92 Å². The molecule has 4 rings (SSSR count). The molecule has 0 aliphatic rings. The van der Waals surface area contributed by atoms with Crippen LogP contribution in [-0.2, 0) is 9.53 Å². The van der Waals surface area contributed by atoms with Gasteiger partial charge in [0.15, 0.2) is 12.7 Å². The van der Waals surface area contributed by atoms with Crippen LogP contribution in [0.4, 0.5) is 0 Å². The SMILES string of the molecule is Cc1cc(=O)oc2cc(OCC(=O)O[C@@H](C)C(=O)c3c[nH]c4ccccc34)ccc12. The first-order valence-electron chi connectivity index (χ1n) is 9.39. The number of rotatable bonds is 6. The van der Waals surface area contributed by atoms with Crippen molar-refractivity contribution in [3.63, 3.8) is 0 Å². The van der Waals surface area contributed by atoms with Gasteiger partial charge in [-0.05, 0) is 37.6 Å². The van der Waals surface area contributed by atoms with Crippen LogP contribution in [0.2, 0.25) is 0 Å². The van der Waals surface area contributed by atoms with E-state index >= 15 is 0 Å². The Morgan fingerprint density at radius 2 is 1.90 bits per heavy atom. The Kier molecular flexibility index (Phi) is 5.10. The maximum atomic E-state index is 12.7. The van der Waals surface area contributed by atoms with Crippen molar-refractivity contribution in [2.45, 2.75) is 20.0 Å². The third-order valence-electron chi connectivity index (χ3n) is 4.81. The van der Waals surface area contributed by atoms with E-state index in [9.17, 15) is 14.4 Å². The predicted molar refractivity (Wildman–Crippen MR) is 111 cm³/mol. The molecular formula is C23H19NO6. The van der Waals surface area contributed by atoms with Crippen molar-refractivity contribution in [3.8, 4) is 5.75 Å². The Bertz CT molecular complexity index is 1320. The highest BCUT2D eigenvalue weighted by atomic mass is 16.6. The Labute approximate surface area is 171 Å². The molecule has 0 saturated carbocycles. The van der Waals surface area contributed by atoms with Crippen molar-refractivity contribution in [2.75, 3.05) is 6.61 Å². The number of nitrogens with one attached hydrogen (secondary N) is 1. The van der Waals surface area contributed by atoms with Crippen LogP contribution in [0.25, 0.3) is 21.9 Å². The molecule has 1 N–H and O–H groups in total.